The van der Waals surface area contributed by atoms with E-state index < -0.39 is 23.9 Å². The largest absolute Gasteiger partial charge is 0.508 e. The lowest BCUT2D eigenvalue weighted by molar-refractivity contribution is 0.0681. The Morgan fingerprint density at radius 2 is 0.800 bits per heavy atom. The Bertz CT molecular complexity index is 2280. The van der Waals surface area contributed by atoms with Crippen molar-refractivity contribution in [1.82, 2.24) is 0 Å². The second-order valence-corrected chi connectivity index (χ2v) is 13.2. The lowest BCUT2D eigenvalue weighted by Gasteiger charge is -2.23. The summed E-state index contributed by atoms with van der Waals surface area (Å²) in [5, 5.41) is 20.6. The Hall–Kier alpha value is -6.24. The number of aromatic hydroxyl groups is 1. The molecule has 0 radical (unpaired) electrons. The molecule has 0 spiro atoms. The van der Waals surface area contributed by atoms with Gasteiger partial charge in [-0.3, -0.25) is 0 Å². The molecule has 0 amide bonds. The standard InChI is InChI=1S/C42H46O13/c1-17-15-27(43)23(7)38(55-40(46)29-18(2)16-28(49-11)24(8)35(29)50-12)30(17)41(47)53-34-22(6)20(4)32(37(52-14)26(34)10)42(48)54-33-21(5)19(3)31(39(44)45)36(51-13)25(33)9/h15-16,43H,1-14H3,(H,44,45). The van der Waals surface area contributed by atoms with Crippen LogP contribution in [0.5, 0.6) is 46.0 Å². The van der Waals surface area contributed by atoms with E-state index in [4.69, 9.17) is 33.2 Å². The average molecular weight is 759 g/mol. The van der Waals surface area contributed by atoms with E-state index in [2.05, 4.69) is 0 Å². The summed E-state index contributed by atoms with van der Waals surface area (Å²) >= 11 is 0. The molecule has 0 aliphatic heterocycles. The van der Waals surface area contributed by atoms with Gasteiger partial charge in [0.15, 0.2) is 5.75 Å². The van der Waals surface area contributed by atoms with E-state index in [1.165, 1.54) is 41.4 Å². The fourth-order valence-electron chi connectivity index (χ4n) is 6.78. The maximum atomic E-state index is 14.2. The van der Waals surface area contributed by atoms with Crippen LogP contribution in [0.25, 0.3) is 0 Å². The van der Waals surface area contributed by atoms with Crippen molar-refractivity contribution in [3.05, 3.63) is 90.0 Å². The van der Waals surface area contributed by atoms with Gasteiger partial charge in [-0.05, 0) is 115 Å². The molecule has 55 heavy (non-hydrogen) atoms. The maximum absolute atomic E-state index is 14.2. The number of phenols is 1. The third kappa shape index (κ3) is 7.21. The normalized spacial score (nSPS) is 10.8. The molecule has 0 bridgehead atoms. The molecule has 0 aliphatic rings. The Kier molecular flexibility index (Phi) is 12.1. The number of phenolic OH excluding ortho intramolecular Hbond substituents is 1. The van der Waals surface area contributed by atoms with Crippen LogP contribution in [0.15, 0.2) is 12.1 Å². The van der Waals surface area contributed by atoms with E-state index in [1.54, 1.807) is 68.4 Å². The van der Waals surface area contributed by atoms with Gasteiger partial charge in [0.2, 0.25) is 0 Å². The minimum absolute atomic E-state index is 0.0356. The number of ether oxygens (including phenoxy) is 7. The first kappa shape index (κ1) is 41.5. The van der Waals surface area contributed by atoms with Gasteiger partial charge in [0, 0.05) is 22.3 Å². The second kappa shape index (κ2) is 16.0. The van der Waals surface area contributed by atoms with Crippen LogP contribution < -0.4 is 33.2 Å². The average Bonchev–Trinajstić information content (AvgIpc) is 3.13. The van der Waals surface area contributed by atoms with Gasteiger partial charge < -0.3 is 43.4 Å². The van der Waals surface area contributed by atoms with Crippen LogP contribution in [0.3, 0.4) is 0 Å². The number of esters is 3. The Balaban J connectivity index is 1.80. The summed E-state index contributed by atoms with van der Waals surface area (Å²) < 4.78 is 39.9. The summed E-state index contributed by atoms with van der Waals surface area (Å²) in [4.78, 5) is 54.0. The van der Waals surface area contributed by atoms with Gasteiger partial charge in [-0.15, -0.1) is 0 Å². The van der Waals surface area contributed by atoms with Crippen molar-refractivity contribution in [1.29, 1.82) is 0 Å². The van der Waals surface area contributed by atoms with Crippen LogP contribution >= 0.6 is 0 Å². The zero-order valence-electron chi connectivity index (χ0n) is 33.5. The highest BCUT2D eigenvalue weighted by Crippen LogP contribution is 2.43. The third-order valence-corrected chi connectivity index (χ3v) is 9.99. The van der Waals surface area contributed by atoms with Gasteiger partial charge in [0.25, 0.3) is 0 Å². The summed E-state index contributed by atoms with van der Waals surface area (Å²) in [5.41, 5.74) is 3.62. The van der Waals surface area contributed by atoms with Crippen LogP contribution in [0, 0.1) is 69.2 Å². The summed E-state index contributed by atoms with van der Waals surface area (Å²) in [7, 11) is 5.60. The van der Waals surface area contributed by atoms with Crippen LogP contribution in [-0.2, 0) is 0 Å². The molecule has 0 saturated heterocycles. The number of carboxylic acid groups (broad SMARTS) is 1. The van der Waals surface area contributed by atoms with Gasteiger partial charge in [0.05, 0.1) is 28.4 Å². The number of methoxy groups -OCH3 is 4. The topological polar surface area (TPSA) is 173 Å². The Morgan fingerprint density at radius 1 is 0.418 bits per heavy atom. The van der Waals surface area contributed by atoms with Crippen molar-refractivity contribution < 1.29 is 62.5 Å². The summed E-state index contributed by atoms with van der Waals surface area (Å²) in [6.45, 7) is 16.2. The minimum Gasteiger partial charge on any atom is -0.508 e. The highest BCUT2D eigenvalue weighted by Gasteiger charge is 2.32. The molecule has 292 valence electrons. The fraction of sp³-hybridized carbons (Fsp3) is 0.333. The molecule has 13 nitrogen and oxygen atoms in total. The molecule has 0 unspecified atom stereocenters. The summed E-state index contributed by atoms with van der Waals surface area (Å²) in [6, 6.07) is 3.03. The molecule has 0 atom stereocenters. The van der Waals surface area contributed by atoms with E-state index in [-0.39, 0.29) is 79.2 Å². The van der Waals surface area contributed by atoms with Gasteiger partial charge in [-0.2, -0.15) is 0 Å². The lowest BCUT2D eigenvalue weighted by Crippen LogP contribution is -2.20. The Labute approximate surface area is 319 Å². The number of hydrogen-bond donors (Lipinski definition) is 2. The number of hydrogen-bond acceptors (Lipinski definition) is 12. The summed E-state index contributed by atoms with van der Waals surface area (Å²) in [6.07, 6.45) is 0. The van der Waals surface area contributed by atoms with Crippen molar-refractivity contribution in [3.8, 4) is 46.0 Å². The number of rotatable bonds is 11. The predicted octanol–water partition coefficient (Wildman–Crippen LogP) is 7.87. The molecule has 2 N–H and O–H groups in total. The van der Waals surface area contributed by atoms with E-state index in [9.17, 15) is 29.4 Å². The zero-order valence-corrected chi connectivity index (χ0v) is 33.5. The molecular formula is C42H46O13. The number of benzene rings is 4. The smallest absolute Gasteiger partial charge is 0.347 e. The van der Waals surface area contributed by atoms with Crippen LogP contribution in [0.2, 0.25) is 0 Å². The van der Waals surface area contributed by atoms with Crippen LogP contribution in [0.1, 0.15) is 97.1 Å². The third-order valence-electron chi connectivity index (χ3n) is 9.99. The van der Waals surface area contributed by atoms with E-state index in [0.29, 0.717) is 44.7 Å². The molecule has 4 aromatic carbocycles. The zero-order chi connectivity index (χ0) is 41.4. The van der Waals surface area contributed by atoms with Crippen molar-refractivity contribution >= 4 is 23.9 Å². The minimum atomic E-state index is -1.18. The number of carboxylic acids is 1. The first-order chi connectivity index (χ1) is 25.8. The molecule has 4 rings (SSSR count). The highest BCUT2D eigenvalue weighted by molar-refractivity contribution is 6.02. The number of carbonyl (C=O) groups is 4. The van der Waals surface area contributed by atoms with Gasteiger partial charge >= 0.3 is 23.9 Å². The van der Waals surface area contributed by atoms with Gasteiger partial charge in [0.1, 0.15) is 62.5 Å². The first-order valence-electron chi connectivity index (χ1n) is 17.1. The number of aromatic carboxylic acids is 1. The molecule has 0 aromatic heterocycles. The first-order valence-corrected chi connectivity index (χ1v) is 17.1. The lowest BCUT2D eigenvalue weighted by atomic mass is 9.95. The highest BCUT2D eigenvalue weighted by atomic mass is 16.6. The van der Waals surface area contributed by atoms with Crippen LogP contribution in [0.4, 0.5) is 0 Å². The molecular weight excluding hydrogens is 712 g/mol. The molecule has 0 fully saturated rings. The molecule has 0 aliphatic carbocycles. The maximum Gasteiger partial charge on any atom is 0.347 e. The molecule has 4 aromatic rings. The fourth-order valence-corrected chi connectivity index (χ4v) is 6.78. The molecule has 13 heteroatoms. The van der Waals surface area contributed by atoms with E-state index >= 15 is 0 Å². The van der Waals surface area contributed by atoms with Gasteiger partial charge in [-0.1, -0.05) is 0 Å². The predicted molar refractivity (Wildman–Crippen MR) is 203 cm³/mol. The SMILES string of the molecule is COc1cc(C)c(C(=O)Oc2c(C)c(O)cc(C)c2C(=O)Oc2c(C)c(C)c(C(=O)Oc3c(C)c(C)c(C(=O)O)c(OC)c3C)c(OC)c2C)c(OC)c1C. The van der Waals surface area contributed by atoms with Crippen LogP contribution in [-0.4, -0.2) is 62.5 Å². The van der Waals surface area contributed by atoms with Gasteiger partial charge in [-0.25, -0.2) is 19.2 Å². The van der Waals surface area contributed by atoms with E-state index in [1.807, 2.05) is 0 Å². The van der Waals surface area contributed by atoms with Crippen molar-refractivity contribution in [2.75, 3.05) is 28.4 Å². The van der Waals surface area contributed by atoms with Crippen molar-refractivity contribution in [2.45, 2.75) is 69.2 Å². The summed E-state index contributed by atoms with van der Waals surface area (Å²) in [5.74, 6) is -3.08. The molecule has 0 saturated carbocycles. The second-order valence-electron chi connectivity index (χ2n) is 13.2. The number of aryl methyl sites for hydroxylation is 2. The number of carbonyl (C=O) groups excluding carboxylic acids is 3. The quantitative estimate of drug-likeness (QED) is 0.112. The van der Waals surface area contributed by atoms with Crippen molar-refractivity contribution in [2.24, 2.45) is 0 Å². The van der Waals surface area contributed by atoms with Crippen molar-refractivity contribution in [3.63, 3.8) is 0 Å². The molecule has 0 heterocycles. The van der Waals surface area contributed by atoms with E-state index in [0.717, 1.165) is 0 Å². The monoisotopic (exact) mass is 758 g/mol. The Morgan fingerprint density at radius 3 is 1.25 bits per heavy atom.